The van der Waals surface area contributed by atoms with Crippen LogP contribution in [0.5, 0.6) is 11.5 Å². The topological polar surface area (TPSA) is 87.1 Å². The number of hydrogen-bond donors (Lipinski definition) is 2. The molecule has 1 amide bonds. The third kappa shape index (κ3) is 4.47. The SMILES string of the molecule is CCOc1ccc(Cl)c(/C(O)=C2\C(=O)C(=O)N(Cc3ccc(F)cc3)C2c2ccc(O)cc2)c1. The van der Waals surface area contributed by atoms with Crippen LogP contribution in [0.3, 0.4) is 0 Å². The quantitative estimate of drug-likeness (QED) is 0.287. The summed E-state index contributed by atoms with van der Waals surface area (Å²) in [6.07, 6.45) is 0. The number of phenolic OH excluding ortho intramolecular Hbond substituents is 1. The normalized spacial score (nSPS) is 17.3. The minimum atomic E-state index is -0.961. The third-order valence-electron chi connectivity index (χ3n) is 5.52. The molecule has 1 unspecified atom stereocenters. The van der Waals surface area contributed by atoms with Gasteiger partial charge in [0.1, 0.15) is 23.1 Å². The van der Waals surface area contributed by atoms with E-state index in [1.165, 1.54) is 53.4 Å². The number of ketones is 1. The van der Waals surface area contributed by atoms with Gasteiger partial charge in [0.2, 0.25) is 0 Å². The molecule has 1 aliphatic rings. The van der Waals surface area contributed by atoms with Crippen molar-refractivity contribution >= 4 is 29.1 Å². The average Bonchev–Trinajstić information content (AvgIpc) is 3.07. The molecule has 2 N–H and O–H groups in total. The molecule has 1 atom stereocenters. The Balaban J connectivity index is 1.87. The molecule has 0 aliphatic carbocycles. The number of rotatable bonds is 6. The first-order valence-corrected chi connectivity index (χ1v) is 10.9. The van der Waals surface area contributed by atoms with Gasteiger partial charge in [-0.1, -0.05) is 35.9 Å². The van der Waals surface area contributed by atoms with E-state index in [1.54, 1.807) is 25.1 Å². The number of hydrogen-bond acceptors (Lipinski definition) is 5. The Morgan fingerprint density at radius 3 is 2.38 bits per heavy atom. The Kier molecular flexibility index (Phi) is 6.56. The molecule has 1 aliphatic heterocycles. The van der Waals surface area contributed by atoms with Crippen molar-refractivity contribution < 1.29 is 28.9 Å². The summed E-state index contributed by atoms with van der Waals surface area (Å²) in [6.45, 7) is 2.19. The van der Waals surface area contributed by atoms with Crippen molar-refractivity contribution in [3.8, 4) is 11.5 Å². The lowest BCUT2D eigenvalue weighted by atomic mass is 9.95. The fourth-order valence-corrected chi connectivity index (χ4v) is 4.13. The van der Waals surface area contributed by atoms with Crippen LogP contribution in [-0.2, 0) is 16.1 Å². The molecule has 6 nitrogen and oxygen atoms in total. The lowest BCUT2D eigenvalue weighted by molar-refractivity contribution is -0.140. The van der Waals surface area contributed by atoms with Crippen molar-refractivity contribution in [2.45, 2.75) is 19.5 Å². The van der Waals surface area contributed by atoms with E-state index in [1.807, 2.05) is 0 Å². The zero-order valence-corrected chi connectivity index (χ0v) is 18.9. The molecule has 174 valence electrons. The van der Waals surface area contributed by atoms with Gasteiger partial charge in [-0.2, -0.15) is 0 Å². The summed E-state index contributed by atoms with van der Waals surface area (Å²) in [4.78, 5) is 27.5. The van der Waals surface area contributed by atoms with Gasteiger partial charge in [0.15, 0.2) is 0 Å². The van der Waals surface area contributed by atoms with Crippen LogP contribution < -0.4 is 4.74 Å². The van der Waals surface area contributed by atoms with Crippen LogP contribution in [0.1, 0.15) is 29.7 Å². The van der Waals surface area contributed by atoms with Crippen LogP contribution in [0, 0.1) is 5.82 Å². The first-order chi connectivity index (χ1) is 16.3. The lowest BCUT2D eigenvalue weighted by Crippen LogP contribution is -2.29. The van der Waals surface area contributed by atoms with Crippen molar-refractivity contribution in [3.05, 3.63) is 99.8 Å². The highest BCUT2D eigenvalue weighted by Crippen LogP contribution is 2.42. The number of aliphatic hydroxyl groups is 1. The lowest BCUT2D eigenvalue weighted by Gasteiger charge is -2.25. The van der Waals surface area contributed by atoms with Gasteiger partial charge in [0.05, 0.1) is 23.2 Å². The average molecular weight is 482 g/mol. The van der Waals surface area contributed by atoms with Crippen molar-refractivity contribution in [1.29, 1.82) is 0 Å². The second-order valence-corrected chi connectivity index (χ2v) is 8.13. The Morgan fingerprint density at radius 2 is 1.74 bits per heavy atom. The van der Waals surface area contributed by atoms with E-state index in [-0.39, 0.29) is 28.5 Å². The summed E-state index contributed by atoms with van der Waals surface area (Å²) in [5.74, 6) is -2.12. The first-order valence-electron chi connectivity index (χ1n) is 10.5. The highest BCUT2D eigenvalue weighted by Gasteiger charge is 2.46. The predicted octanol–water partition coefficient (Wildman–Crippen LogP) is 5.21. The fraction of sp³-hybridized carbons (Fsp3) is 0.154. The number of carbonyl (C=O) groups is 2. The highest BCUT2D eigenvalue weighted by molar-refractivity contribution is 6.47. The summed E-state index contributed by atoms with van der Waals surface area (Å²) in [7, 11) is 0. The minimum absolute atomic E-state index is 0.000105. The van der Waals surface area contributed by atoms with Gasteiger partial charge >= 0.3 is 0 Å². The van der Waals surface area contributed by atoms with Gasteiger partial charge in [-0.3, -0.25) is 9.59 Å². The van der Waals surface area contributed by atoms with Gasteiger partial charge in [0, 0.05) is 12.1 Å². The van der Waals surface area contributed by atoms with E-state index in [0.717, 1.165) is 0 Å². The first kappa shape index (κ1) is 23.3. The van der Waals surface area contributed by atoms with E-state index < -0.39 is 29.3 Å². The third-order valence-corrected chi connectivity index (χ3v) is 5.85. The summed E-state index contributed by atoms with van der Waals surface area (Å²) in [5, 5.41) is 21.1. The Morgan fingerprint density at radius 1 is 1.06 bits per heavy atom. The van der Waals surface area contributed by atoms with Crippen LogP contribution in [0.25, 0.3) is 5.76 Å². The number of likely N-dealkylation sites (tertiary alicyclic amines) is 1. The molecule has 0 bridgehead atoms. The molecule has 1 saturated heterocycles. The summed E-state index contributed by atoms with van der Waals surface area (Å²) in [5.41, 5.74) is 1.10. The molecule has 3 aromatic carbocycles. The standard InChI is InChI=1S/C26H21ClFNO5/c1-2-34-19-11-12-21(27)20(13-19)24(31)22-23(16-5-9-18(30)10-6-16)29(26(33)25(22)32)14-15-3-7-17(28)8-4-15/h3-13,23,30-31H,2,14H2,1H3/b24-22+. The summed E-state index contributed by atoms with van der Waals surface area (Å²) < 4.78 is 18.9. The van der Waals surface area contributed by atoms with Crippen LogP contribution in [0.4, 0.5) is 4.39 Å². The molecule has 0 saturated carbocycles. The van der Waals surface area contributed by atoms with Crippen molar-refractivity contribution in [3.63, 3.8) is 0 Å². The molecule has 1 fully saturated rings. The van der Waals surface area contributed by atoms with Gasteiger partial charge in [-0.25, -0.2) is 4.39 Å². The number of amides is 1. The summed E-state index contributed by atoms with van der Waals surface area (Å²) in [6, 6.07) is 15.3. The van der Waals surface area contributed by atoms with E-state index in [9.17, 15) is 24.2 Å². The number of phenols is 1. The van der Waals surface area contributed by atoms with Crippen molar-refractivity contribution in [2.75, 3.05) is 6.61 Å². The second-order valence-electron chi connectivity index (χ2n) is 7.72. The highest BCUT2D eigenvalue weighted by atomic mass is 35.5. The molecule has 8 heteroatoms. The number of aliphatic hydroxyl groups excluding tert-OH is 1. The van der Waals surface area contributed by atoms with Gasteiger partial charge in [0.25, 0.3) is 11.7 Å². The van der Waals surface area contributed by atoms with Crippen molar-refractivity contribution in [1.82, 2.24) is 4.90 Å². The molecule has 1 heterocycles. The van der Waals surface area contributed by atoms with Crippen LogP contribution in [0.15, 0.2) is 72.3 Å². The fourth-order valence-electron chi connectivity index (χ4n) is 3.92. The van der Waals surface area contributed by atoms with Crippen molar-refractivity contribution in [2.24, 2.45) is 0 Å². The van der Waals surface area contributed by atoms with Crippen LogP contribution in [-0.4, -0.2) is 33.4 Å². The maximum absolute atomic E-state index is 13.4. The van der Waals surface area contributed by atoms with Gasteiger partial charge in [-0.05, 0) is 60.5 Å². The van der Waals surface area contributed by atoms with E-state index in [0.29, 0.717) is 23.5 Å². The van der Waals surface area contributed by atoms with Gasteiger partial charge in [-0.15, -0.1) is 0 Å². The second kappa shape index (κ2) is 9.57. The van der Waals surface area contributed by atoms with Crippen LogP contribution in [0.2, 0.25) is 5.02 Å². The number of carbonyl (C=O) groups excluding carboxylic acids is 2. The maximum Gasteiger partial charge on any atom is 0.295 e. The molecule has 0 radical (unpaired) electrons. The molecular weight excluding hydrogens is 461 g/mol. The molecule has 0 spiro atoms. The Bertz CT molecular complexity index is 1270. The zero-order chi connectivity index (χ0) is 24.4. The number of benzene rings is 3. The van der Waals surface area contributed by atoms with E-state index in [2.05, 4.69) is 0 Å². The molecule has 34 heavy (non-hydrogen) atoms. The molecule has 4 rings (SSSR count). The monoisotopic (exact) mass is 481 g/mol. The number of Topliss-reactive ketones (excluding diaryl/α,β-unsaturated/α-hetero) is 1. The Hall–Kier alpha value is -3.84. The minimum Gasteiger partial charge on any atom is -0.508 e. The summed E-state index contributed by atoms with van der Waals surface area (Å²) >= 11 is 6.32. The zero-order valence-electron chi connectivity index (χ0n) is 18.2. The van der Waals surface area contributed by atoms with Crippen LogP contribution >= 0.6 is 11.6 Å². The molecular formula is C26H21ClFNO5. The molecule has 3 aromatic rings. The van der Waals surface area contributed by atoms with E-state index in [4.69, 9.17) is 16.3 Å². The Labute approximate surface area is 200 Å². The maximum atomic E-state index is 13.4. The molecule has 0 aromatic heterocycles. The largest absolute Gasteiger partial charge is 0.508 e. The number of halogens is 2. The number of ether oxygens (including phenoxy) is 1. The number of aromatic hydroxyl groups is 1. The smallest absolute Gasteiger partial charge is 0.295 e. The van der Waals surface area contributed by atoms with Gasteiger partial charge < -0.3 is 19.8 Å². The van der Waals surface area contributed by atoms with E-state index >= 15 is 0 Å². The number of nitrogens with zero attached hydrogens (tertiary/aromatic N) is 1. The predicted molar refractivity (Wildman–Crippen MR) is 125 cm³/mol.